The number of hydrogen-bond donors (Lipinski definition) is 0. The molecular formula is C20H23ClN2O4S. The van der Waals surface area contributed by atoms with Gasteiger partial charge in [0.2, 0.25) is 0 Å². The maximum Gasteiger partial charge on any atom is 0.325 e. The number of halogens is 1. The summed E-state index contributed by atoms with van der Waals surface area (Å²) in [5, 5.41) is 0.0147. The minimum absolute atomic E-state index is 0.0216. The van der Waals surface area contributed by atoms with E-state index in [1.165, 1.54) is 7.11 Å². The molecule has 0 radical (unpaired) electrons. The topological polar surface area (TPSA) is 66.9 Å². The van der Waals surface area contributed by atoms with E-state index in [1.807, 2.05) is 12.1 Å². The molecule has 0 spiro atoms. The SMILES string of the molecule is COC(=O)CN1C(=O)S/C(=C/c2cc3c(cc2Cl)N(C)C(C)(C)C[C@@H]3C)C1=O. The van der Waals surface area contributed by atoms with Gasteiger partial charge in [0.25, 0.3) is 11.1 Å². The molecule has 0 N–H and O–H groups in total. The van der Waals surface area contributed by atoms with Crippen LogP contribution in [0.2, 0.25) is 5.02 Å². The highest BCUT2D eigenvalue weighted by molar-refractivity contribution is 8.18. The molecule has 1 saturated heterocycles. The number of fused-ring (bicyclic) bond motifs is 1. The number of carbonyl (C=O) groups excluding carboxylic acids is 3. The second-order valence-electron chi connectivity index (χ2n) is 7.75. The highest BCUT2D eigenvalue weighted by Crippen LogP contribution is 2.45. The third-order valence-electron chi connectivity index (χ3n) is 5.43. The first kappa shape index (κ1) is 20.7. The van der Waals surface area contributed by atoms with Crippen LogP contribution in [0.4, 0.5) is 10.5 Å². The highest BCUT2D eigenvalue weighted by Gasteiger charge is 2.37. The van der Waals surface area contributed by atoms with Crippen LogP contribution in [0, 0.1) is 0 Å². The predicted molar refractivity (Wildman–Crippen MR) is 112 cm³/mol. The maximum absolute atomic E-state index is 12.5. The lowest BCUT2D eigenvalue weighted by Gasteiger charge is -2.45. The van der Waals surface area contributed by atoms with Crippen LogP contribution in [0.25, 0.3) is 6.08 Å². The average Bonchev–Trinajstić information content (AvgIpc) is 2.88. The summed E-state index contributed by atoms with van der Waals surface area (Å²) in [4.78, 5) is 39.4. The van der Waals surface area contributed by atoms with Gasteiger partial charge in [0.05, 0.1) is 12.0 Å². The number of amides is 2. The van der Waals surface area contributed by atoms with E-state index in [4.69, 9.17) is 11.6 Å². The molecule has 2 aliphatic rings. The zero-order chi connectivity index (χ0) is 20.8. The molecule has 0 unspecified atom stereocenters. The van der Waals surface area contributed by atoms with Crippen LogP contribution in [0.1, 0.15) is 44.2 Å². The van der Waals surface area contributed by atoms with E-state index in [0.29, 0.717) is 16.5 Å². The molecule has 0 aromatic heterocycles. The molecule has 6 nitrogen and oxygen atoms in total. The molecule has 1 aromatic rings. The van der Waals surface area contributed by atoms with Crippen molar-refractivity contribution >= 4 is 52.2 Å². The number of nitrogens with zero attached hydrogens (tertiary/aromatic N) is 2. The molecule has 2 aliphatic heterocycles. The number of benzene rings is 1. The van der Waals surface area contributed by atoms with Crippen molar-refractivity contribution in [3.63, 3.8) is 0 Å². The van der Waals surface area contributed by atoms with Crippen LogP contribution >= 0.6 is 23.4 Å². The number of carbonyl (C=O) groups is 3. The Labute approximate surface area is 173 Å². The molecule has 0 aliphatic carbocycles. The first-order valence-electron chi connectivity index (χ1n) is 8.94. The first-order chi connectivity index (χ1) is 13.0. The van der Waals surface area contributed by atoms with E-state index >= 15 is 0 Å². The number of anilines is 1. The molecule has 2 amide bonds. The summed E-state index contributed by atoms with van der Waals surface area (Å²) in [5.41, 5.74) is 2.94. The second-order valence-corrected chi connectivity index (χ2v) is 9.15. The third-order valence-corrected chi connectivity index (χ3v) is 6.66. The summed E-state index contributed by atoms with van der Waals surface area (Å²) < 4.78 is 4.54. The monoisotopic (exact) mass is 422 g/mol. The van der Waals surface area contributed by atoms with Crippen molar-refractivity contribution in [2.45, 2.75) is 38.6 Å². The van der Waals surface area contributed by atoms with Crippen LogP contribution in [0.15, 0.2) is 17.0 Å². The minimum atomic E-state index is -0.644. The van der Waals surface area contributed by atoms with Gasteiger partial charge in [0.15, 0.2) is 0 Å². The van der Waals surface area contributed by atoms with Crippen LogP contribution < -0.4 is 4.90 Å². The van der Waals surface area contributed by atoms with E-state index in [2.05, 4.69) is 37.5 Å². The summed E-state index contributed by atoms with van der Waals surface area (Å²) in [6.07, 6.45) is 2.62. The summed E-state index contributed by atoms with van der Waals surface area (Å²) in [6.45, 7) is 6.18. The predicted octanol–water partition coefficient (Wildman–Crippen LogP) is 4.27. The molecule has 1 aromatic carbocycles. The van der Waals surface area contributed by atoms with Crippen LogP contribution in [-0.2, 0) is 14.3 Å². The van der Waals surface area contributed by atoms with Gasteiger partial charge in [0.1, 0.15) is 6.54 Å². The van der Waals surface area contributed by atoms with Gasteiger partial charge in [-0.3, -0.25) is 19.3 Å². The zero-order valence-corrected chi connectivity index (χ0v) is 18.1. The number of methoxy groups -OCH3 is 1. The number of esters is 1. The van der Waals surface area contributed by atoms with Crippen molar-refractivity contribution in [3.05, 3.63) is 33.2 Å². The fourth-order valence-electron chi connectivity index (χ4n) is 3.69. The van der Waals surface area contributed by atoms with Gasteiger partial charge in [-0.1, -0.05) is 18.5 Å². The molecule has 28 heavy (non-hydrogen) atoms. The van der Waals surface area contributed by atoms with Gasteiger partial charge in [-0.2, -0.15) is 0 Å². The summed E-state index contributed by atoms with van der Waals surface area (Å²) in [6, 6.07) is 3.90. The van der Waals surface area contributed by atoms with Crippen molar-refractivity contribution in [1.82, 2.24) is 4.90 Å². The Morgan fingerprint density at radius 2 is 2.07 bits per heavy atom. The van der Waals surface area contributed by atoms with Gasteiger partial charge in [0, 0.05) is 23.3 Å². The Bertz CT molecular complexity index is 896. The fraction of sp³-hybridized carbons (Fsp3) is 0.450. The molecular weight excluding hydrogens is 400 g/mol. The molecule has 150 valence electrons. The number of rotatable bonds is 3. The van der Waals surface area contributed by atoms with Gasteiger partial charge in [-0.15, -0.1) is 0 Å². The highest BCUT2D eigenvalue weighted by atomic mass is 35.5. The molecule has 1 fully saturated rings. The van der Waals surface area contributed by atoms with E-state index in [-0.39, 0.29) is 10.4 Å². The van der Waals surface area contributed by atoms with Crippen molar-refractivity contribution in [1.29, 1.82) is 0 Å². The lowest BCUT2D eigenvalue weighted by atomic mass is 9.80. The Balaban J connectivity index is 1.96. The summed E-state index contributed by atoms with van der Waals surface area (Å²) in [5.74, 6) is -0.824. The molecule has 0 bridgehead atoms. The average molecular weight is 423 g/mol. The molecule has 0 saturated carbocycles. The summed E-state index contributed by atoms with van der Waals surface area (Å²) in [7, 11) is 3.27. The van der Waals surface area contributed by atoms with Crippen LogP contribution in [-0.4, -0.2) is 48.3 Å². The quantitative estimate of drug-likeness (QED) is 0.535. The van der Waals surface area contributed by atoms with Gasteiger partial charge >= 0.3 is 5.97 Å². The number of ether oxygens (including phenoxy) is 1. The van der Waals surface area contributed by atoms with Crippen molar-refractivity contribution < 1.29 is 19.1 Å². The van der Waals surface area contributed by atoms with E-state index < -0.39 is 23.7 Å². The number of thioether (sulfide) groups is 1. The van der Waals surface area contributed by atoms with Crippen molar-refractivity contribution in [2.24, 2.45) is 0 Å². The van der Waals surface area contributed by atoms with Crippen LogP contribution in [0.5, 0.6) is 0 Å². The Morgan fingerprint density at radius 1 is 1.39 bits per heavy atom. The normalized spacial score (nSPS) is 22.6. The first-order valence-corrected chi connectivity index (χ1v) is 10.1. The number of hydrogen-bond acceptors (Lipinski definition) is 6. The maximum atomic E-state index is 12.5. The zero-order valence-electron chi connectivity index (χ0n) is 16.5. The minimum Gasteiger partial charge on any atom is -0.468 e. The van der Waals surface area contributed by atoms with Gasteiger partial charge < -0.3 is 9.64 Å². The lowest BCUT2D eigenvalue weighted by Crippen LogP contribution is -2.45. The van der Waals surface area contributed by atoms with Crippen molar-refractivity contribution in [3.8, 4) is 0 Å². The Hall–Kier alpha value is -1.99. The van der Waals surface area contributed by atoms with E-state index in [0.717, 1.165) is 34.3 Å². The number of imide groups is 1. The van der Waals surface area contributed by atoms with Crippen LogP contribution in [0.3, 0.4) is 0 Å². The fourth-order valence-corrected chi connectivity index (χ4v) is 4.73. The molecule has 1 atom stereocenters. The largest absolute Gasteiger partial charge is 0.468 e. The van der Waals surface area contributed by atoms with E-state index in [1.54, 1.807) is 6.08 Å². The summed E-state index contributed by atoms with van der Waals surface area (Å²) >= 11 is 7.31. The van der Waals surface area contributed by atoms with Gasteiger partial charge in [-0.05, 0) is 67.3 Å². The third kappa shape index (κ3) is 3.65. The smallest absolute Gasteiger partial charge is 0.325 e. The molecule has 2 heterocycles. The van der Waals surface area contributed by atoms with Crippen molar-refractivity contribution in [2.75, 3.05) is 25.6 Å². The second kappa shape index (κ2) is 7.44. The Kier molecular flexibility index (Phi) is 5.51. The Morgan fingerprint density at radius 3 is 2.71 bits per heavy atom. The molecule has 8 heteroatoms. The lowest BCUT2D eigenvalue weighted by molar-refractivity contribution is -0.143. The van der Waals surface area contributed by atoms with E-state index in [9.17, 15) is 14.4 Å². The van der Waals surface area contributed by atoms with Gasteiger partial charge in [-0.25, -0.2) is 0 Å². The molecule has 3 rings (SSSR count). The standard InChI is InChI=1S/C20H23ClN2O4S/c1-11-9-20(2,3)22(4)15-8-14(21)12(6-13(11)15)7-16-18(25)23(19(26)28-16)10-17(24)27-5/h6-8,11H,9-10H2,1-5H3/b16-7+/t11-/m0/s1.